The maximum atomic E-state index is 8.72. The van der Waals surface area contributed by atoms with Crippen LogP contribution in [0.25, 0.3) is 0 Å². The third-order valence-corrected chi connectivity index (χ3v) is 2.96. The molecule has 0 heterocycles. The number of nitrogens with zero attached hydrogens (tertiary/aromatic N) is 2. The number of benzene rings is 1. The average molecular weight is 255 g/mol. The molecule has 0 atom stereocenters. The molecule has 0 bridgehead atoms. The van der Waals surface area contributed by atoms with Crippen molar-refractivity contribution in [2.75, 3.05) is 13.1 Å². The first-order chi connectivity index (χ1) is 9.19. The van der Waals surface area contributed by atoms with E-state index in [2.05, 4.69) is 42.7 Å². The topological polar surface area (TPSA) is 53.0 Å². The molecule has 1 rings (SSSR count). The van der Waals surface area contributed by atoms with Gasteiger partial charge in [-0.1, -0.05) is 30.0 Å². The molecule has 0 saturated carbocycles. The van der Waals surface area contributed by atoms with Crippen LogP contribution in [0.5, 0.6) is 0 Å². The smallest absolute Gasteiger partial charge is 0.0635 e. The van der Waals surface area contributed by atoms with Crippen molar-refractivity contribution in [2.24, 2.45) is 5.73 Å². The molecule has 100 valence electrons. The van der Waals surface area contributed by atoms with Gasteiger partial charge in [0.1, 0.15) is 0 Å². The molecule has 0 amide bonds. The van der Waals surface area contributed by atoms with Gasteiger partial charge in [0.05, 0.1) is 12.6 Å². The summed E-state index contributed by atoms with van der Waals surface area (Å²) < 4.78 is 0. The van der Waals surface area contributed by atoms with Crippen molar-refractivity contribution in [3.8, 4) is 17.9 Å². The van der Waals surface area contributed by atoms with Gasteiger partial charge in [-0.15, -0.1) is 0 Å². The van der Waals surface area contributed by atoms with Crippen molar-refractivity contribution in [2.45, 2.75) is 32.9 Å². The van der Waals surface area contributed by atoms with Gasteiger partial charge in [-0.3, -0.25) is 4.90 Å². The molecule has 1 aromatic rings. The summed E-state index contributed by atoms with van der Waals surface area (Å²) in [5, 5.41) is 8.72. The van der Waals surface area contributed by atoms with Crippen LogP contribution in [-0.2, 0) is 6.54 Å². The van der Waals surface area contributed by atoms with Gasteiger partial charge in [-0.2, -0.15) is 5.26 Å². The van der Waals surface area contributed by atoms with E-state index < -0.39 is 0 Å². The predicted molar refractivity (Wildman–Crippen MR) is 78.2 cm³/mol. The number of hydrogen-bond acceptors (Lipinski definition) is 3. The lowest BCUT2D eigenvalue weighted by molar-refractivity contribution is 0.217. The van der Waals surface area contributed by atoms with Crippen LogP contribution < -0.4 is 5.73 Å². The van der Waals surface area contributed by atoms with Crippen molar-refractivity contribution in [1.82, 2.24) is 4.90 Å². The fraction of sp³-hybridized carbons (Fsp3) is 0.438. The molecule has 3 nitrogen and oxygen atoms in total. The highest BCUT2D eigenvalue weighted by Gasteiger charge is 2.11. The van der Waals surface area contributed by atoms with Crippen molar-refractivity contribution in [3.05, 3.63) is 35.4 Å². The summed E-state index contributed by atoms with van der Waals surface area (Å²) >= 11 is 0. The number of nitrogens with two attached hydrogens (primary N) is 1. The van der Waals surface area contributed by atoms with Gasteiger partial charge in [0.15, 0.2) is 0 Å². The molecule has 0 spiro atoms. The zero-order valence-electron chi connectivity index (χ0n) is 11.7. The second-order valence-electron chi connectivity index (χ2n) is 4.64. The van der Waals surface area contributed by atoms with Crippen LogP contribution in [0.3, 0.4) is 0 Å². The molecule has 0 unspecified atom stereocenters. The first-order valence-corrected chi connectivity index (χ1v) is 6.57. The van der Waals surface area contributed by atoms with Crippen molar-refractivity contribution >= 4 is 0 Å². The minimum absolute atomic E-state index is 0.372. The largest absolute Gasteiger partial charge is 0.320 e. The molecule has 1 aromatic carbocycles. The Hall–Kier alpha value is -1.81. The van der Waals surface area contributed by atoms with E-state index in [9.17, 15) is 0 Å². The van der Waals surface area contributed by atoms with E-state index in [1.807, 2.05) is 18.2 Å². The summed E-state index contributed by atoms with van der Waals surface area (Å²) in [4.78, 5) is 2.28. The number of nitriles is 1. The quantitative estimate of drug-likeness (QED) is 0.820. The fourth-order valence-corrected chi connectivity index (χ4v) is 1.86. The molecular weight excluding hydrogens is 234 g/mol. The molecule has 0 fully saturated rings. The molecule has 0 aliphatic heterocycles. The van der Waals surface area contributed by atoms with E-state index in [0.717, 1.165) is 18.7 Å². The molecule has 19 heavy (non-hydrogen) atoms. The van der Waals surface area contributed by atoms with Crippen LogP contribution in [0.2, 0.25) is 0 Å². The molecule has 0 aliphatic carbocycles. The maximum absolute atomic E-state index is 8.72. The first kappa shape index (κ1) is 15.2. The summed E-state index contributed by atoms with van der Waals surface area (Å²) in [6.07, 6.45) is 0.550. The van der Waals surface area contributed by atoms with Gasteiger partial charge in [-0.25, -0.2) is 0 Å². The van der Waals surface area contributed by atoms with E-state index in [1.54, 1.807) is 0 Å². The second-order valence-corrected chi connectivity index (χ2v) is 4.64. The van der Waals surface area contributed by atoms with Crippen LogP contribution in [0.4, 0.5) is 0 Å². The minimum atomic E-state index is 0.372. The third kappa shape index (κ3) is 5.14. The van der Waals surface area contributed by atoms with Gasteiger partial charge in [0.2, 0.25) is 0 Å². The van der Waals surface area contributed by atoms with E-state index in [0.29, 0.717) is 19.0 Å². The van der Waals surface area contributed by atoms with Crippen LogP contribution in [0.15, 0.2) is 24.3 Å². The van der Waals surface area contributed by atoms with Gasteiger partial charge in [0.25, 0.3) is 0 Å². The molecule has 2 N–H and O–H groups in total. The van der Waals surface area contributed by atoms with Gasteiger partial charge in [0, 0.05) is 31.1 Å². The van der Waals surface area contributed by atoms with Gasteiger partial charge in [-0.05, 0) is 25.5 Å². The van der Waals surface area contributed by atoms with Crippen LogP contribution >= 0.6 is 0 Å². The van der Waals surface area contributed by atoms with E-state index in [4.69, 9.17) is 11.0 Å². The Morgan fingerprint density at radius 3 is 2.68 bits per heavy atom. The lowest BCUT2D eigenvalue weighted by atomic mass is 10.1. The summed E-state index contributed by atoms with van der Waals surface area (Å²) in [5.74, 6) is 6.00. The summed E-state index contributed by atoms with van der Waals surface area (Å²) in [7, 11) is 0. The summed E-state index contributed by atoms with van der Waals surface area (Å²) in [6, 6.07) is 10.7. The molecule has 0 radical (unpaired) electrons. The predicted octanol–water partition coefficient (Wildman–Crippen LogP) is 2.12. The van der Waals surface area contributed by atoms with Crippen molar-refractivity contribution < 1.29 is 0 Å². The molecule has 0 aliphatic rings. The summed E-state index contributed by atoms with van der Waals surface area (Å²) in [6.45, 7) is 6.26. The highest BCUT2D eigenvalue weighted by atomic mass is 15.1. The van der Waals surface area contributed by atoms with Crippen molar-refractivity contribution in [3.63, 3.8) is 0 Å². The number of rotatable bonds is 5. The summed E-state index contributed by atoms with van der Waals surface area (Å²) in [5.41, 5.74) is 7.64. The zero-order chi connectivity index (χ0) is 14.1. The van der Waals surface area contributed by atoms with E-state index in [-0.39, 0.29) is 0 Å². The Labute approximate surface area is 116 Å². The minimum Gasteiger partial charge on any atom is -0.320 e. The normalized spacial score (nSPS) is 10.1. The lowest BCUT2D eigenvalue weighted by Crippen LogP contribution is -2.31. The standard InChI is InChI=1S/C16H21N3/c1-14(2)19(12-6-11-18)13-16-8-4-3-7-15(16)9-5-10-17/h3-4,7-8,14H,6,10,12-13,17H2,1-2H3. The second kappa shape index (κ2) is 8.32. The Morgan fingerprint density at radius 2 is 2.05 bits per heavy atom. The van der Waals surface area contributed by atoms with Crippen molar-refractivity contribution in [1.29, 1.82) is 5.26 Å². The van der Waals surface area contributed by atoms with E-state index >= 15 is 0 Å². The maximum Gasteiger partial charge on any atom is 0.0635 e. The third-order valence-electron chi connectivity index (χ3n) is 2.96. The number of hydrogen-bond donors (Lipinski definition) is 1. The SMILES string of the molecule is CC(C)N(CCC#N)Cc1ccccc1C#CCN. The molecule has 0 saturated heterocycles. The first-order valence-electron chi connectivity index (χ1n) is 6.57. The van der Waals surface area contributed by atoms with Gasteiger partial charge < -0.3 is 5.73 Å². The fourth-order valence-electron chi connectivity index (χ4n) is 1.86. The average Bonchev–Trinajstić information content (AvgIpc) is 2.41. The molecular formula is C16H21N3. The Morgan fingerprint density at radius 1 is 1.32 bits per heavy atom. The Balaban J connectivity index is 2.87. The monoisotopic (exact) mass is 255 g/mol. The molecule has 3 heteroatoms. The molecule has 0 aromatic heterocycles. The highest BCUT2D eigenvalue weighted by molar-refractivity contribution is 5.41. The highest BCUT2D eigenvalue weighted by Crippen LogP contribution is 2.13. The zero-order valence-corrected chi connectivity index (χ0v) is 11.7. The Bertz CT molecular complexity index is 489. The van der Waals surface area contributed by atoms with E-state index in [1.165, 1.54) is 5.56 Å². The van der Waals surface area contributed by atoms with Crippen LogP contribution in [-0.4, -0.2) is 24.0 Å². The van der Waals surface area contributed by atoms with Crippen LogP contribution in [0, 0.1) is 23.2 Å². The van der Waals surface area contributed by atoms with Gasteiger partial charge >= 0.3 is 0 Å². The lowest BCUT2D eigenvalue weighted by Gasteiger charge is -2.26. The van der Waals surface area contributed by atoms with Crippen LogP contribution in [0.1, 0.15) is 31.4 Å². The Kier molecular flexibility index (Phi) is 6.68.